The van der Waals surface area contributed by atoms with Crippen LogP contribution in [-0.4, -0.2) is 22.3 Å². The number of halogens is 1. The van der Waals surface area contributed by atoms with Gasteiger partial charge in [-0.3, -0.25) is 5.32 Å². The van der Waals surface area contributed by atoms with Gasteiger partial charge in [-0.15, -0.1) is 0 Å². The maximum atomic E-state index is 12.6. The molecule has 1 amide bonds. The van der Waals surface area contributed by atoms with E-state index >= 15 is 0 Å². The molecular formula is C12H12FN3O2. The lowest BCUT2D eigenvalue weighted by Crippen LogP contribution is -2.16. The Kier molecular flexibility index (Phi) is 3.90. The van der Waals surface area contributed by atoms with E-state index in [2.05, 4.69) is 10.3 Å². The van der Waals surface area contributed by atoms with Crippen LogP contribution in [0.1, 0.15) is 0 Å². The highest BCUT2D eigenvalue weighted by Gasteiger charge is 2.02. The Morgan fingerprint density at radius 1 is 1.39 bits per heavy atom. The summed E-state index contributed by atoms with van der Waals surface area (Å²) in [5.74, 6) is -0.353. The minimum absolute atomic E-state index is 0.239. The van der Waals surface area contributed by atoms with Crippen molar-refractivity contribution in [1.82, 2.24) is 9.55 Å². The van der Waals surface area contributed by atoms with Crippen LogP contribution in [0.5, 0.6) is 0 Å². The number of aromatic nitrogens is 2. The summed E-state index contributed by atoms with van der Waals surface area (Å²) in [7, 11) is 0. The lowest BCUT2D eigenvalue weighted by atomic mass is 10.3. The number of carbonyl (C=O) groups excluding carboxylic acids is 1. The molecule has 0 aliphatic rings. The zero-order valence-electron chi connectivity index (χ0n) is 9.54. The number of nitrogens with zero attached hydrogens (tertiary/aromatic N) is 2. The number of rotatable bonds is 4. The molecule has 0 aliphatic carbocycles. The van der Waals surface area contributed by atoms with E-state index in [0.717, 1.165) is 0 Å². The van der Waals surface area contributed by atoms with Crippen LogP contribution in [0.4, 0.5) is 14.9 Å². The van der Waals surface area contributed by atoms with Gasteiger partial charge < -0.3 is 9.30 Å². The summed E-state index contributed by atoms with van der Waals surface area (Å²) in [4.78, 5) is 15.2. The van der Waals surface area contributed by atoms with Crippen molar-refractivity contribution in [3.8, 4) is 0 Å². The number of benzene rings is 1. The summed E-state index contributed by atoms with van der Waals surface area (Å²) >= 11 is 0. The smallest absolute Gasteiger partial charge is 0.411 e. The van der Waals surface area contributed by atoms with Gasteiger partial charge in [0, 0.05) is 18.1 Å². The van der Waals surface area contributed by atoms with Crippen LogP contribution < -0.4 is 5.32 Å². The Balaban J connectivity index is 1.73. The van der Waals surface area contributed by atoms with Crippen molar-refractivity contribution in [2.75, 3.05) is 11.9 Å². The SMILES string of the molecule is O=C(Nc1ccc(F)cc1)OCCn1ccnc1. The minimum Gasteiger partial charge on any atom is -0.447 e. The van der Waals surface area contributed by atoms with Crippen molar-refractivity contribution in [2.45, 2.75) is 6.54 Å². The maximum absolute atomic E-state index is 12.6. The van der Waals surface area contributed by atoms with Crippen molar-refractivity contribution in [1.29, 1.82) is 0 Å². The third kappa shape index (κ3) is 3.58. The molecule has 6 heteroatoms. The lowest BCUT2D eigenvalue weighted by molar-refractivity contribution is 0.157. The Hall–Kier alpha value is -2.37. The second kappa shape index (κ2) is 5.81. The van der Waals surface area contributed by atoms with Gasteiger partial charge in [0.2, 0.25) is 0 Å². The van der Waals surface area contributed by atoms with Gasteiger partial charge >= 0.3 is 6.09 Å². The first kappa shape index (κ1) is 12.1. The van der Waals surface area contributed by atoms with Crippen LogP contribution >= 0.6 is 0 Å². The first-order valence-corrected chi connectivity index (χ1v) is 5.39. The average Bonchev–Trinajstić information content (AvgIpc) is 2.85. The number of imidazole rings is 1. The van der Waals surface area contributed by atoms with E-state index < -0.39 is 6.09 Å². The van der Waals surface area contributed by atoms with Crippen LogP contribution in [-0.2, 0) is 11.3 Å². The molecule has 94 valence electrons. The molecule has 5 nitrogen and oxygen atoms in total. The van der Waals surface area contributed by atoms with Crippen molar-refractivity contribution < 1.29 is 13.9 Å². The van der Waals surface area contributed by atoms with E-state index in [-0.39, 0.29) is 12.4 Å². The van der Waals surface area contributed by atoms with Gasteiger partial charge in [-0.1, -0.05) is 0 Å². The van der Waals surface area contributed by atoms with Crippen LogP contribution in [0.15, 0.2) is 43.0 Å². The van der Waals surface area contributed by atoms with Gasteiger partial charge in [0.25, 0.3) is 0 Å². The average molecular weight is 249 g/mol. The highest BCUT2D eigenvalue weighted by molar-refractivity contribution is 5.84. The molecule has 0 fully saturated rings. The molecule has 2 rings (SSSR count). The van der Waals surface area contributed by atoms with E-state index in [0.29, 0.717) is 12.2 Å². The number of hydrogen-bond acceptors (Lipinski definition) is 3. The molecule has 0 spiro atoms. The highest BCUT2D eigenvalue weighted by atomic mass is 19.1. The standard InChI is InChI=1S/C12H12FN3O2/c13-10-1-3-11(4-2-10)15-12(17)18-8-7-16-6-5-14-9-16/h1-6,9H,7-8H2,(H,15,17). The summed E-state index contributed by atoms with van der Waals surface area (Å²) in [6, 6.07) is 5.46. The van der Waals surface area contributed by atoms with E-state index in [9.17, 15) is 9.18 Å². The Morgan fingerprint density at radius 3 is 2.83 bits per heavy atom. The Bertz CT molecular complexity index is 497. The molecular weight excluding hydrogens is 237 g/mol. The van der Waals surface area contributed by atoms with Gasteiger partial charge in [-0.25, -0.2) is 14.2 Å². The fourth-order valence-electron chi connectivity index (χ4n) is 1.35. The molecule has 0 saturated heterocycles. The molecule has 1 aromatic carbocycles. The van der Waals surface area contributed by atoms with Gasteiger partial charge in [0.05, 0.1) is 12.9 Å². The summed E-state index contributed by atoms with van der Waals surface area (Å²) < 4.78 is 19.4. The van der Waals surface area contributed by atoms with Gasteiger partial charge in [0.15, 0.2) is 0 Å². The van der Waals surface area contributed by atoms with Gasteiger partial charge in [-0.05, 0) is 24.3 Å². The van der Waals surface area contributed by atoms with Crippen LogP contribution in [0.3, 0.4) is 0 Å². The fourth-order valence-corrected chi connectivity index (χ4v) is 1.35. The molecule has 0 atom stereocenters. The first-order valence-electron chi connectivity index (χ1n) is 5.39. The van der Waals surface area contributed by atoms with E-state index in [1.54, 1.807) is 23.3 Å². The largest absolute Gasteiger partial charge is 0.447 e. The molecule has 1 N–H and O–H groups in total. The third-order valence-electron chi connectivity index (χ3n) is 2.23. The quantitative estimate of drug-likeness (QED) is 0.904. The lowest BCUT2D eigenvalue weighted by Gasteiger charge is -2.07. The van der Waals surface area contributed by atoms with E-state index in [1.807, 2.05) is 0 Å². The fraction of sp³-hybridized carbons (Fsp3) is 0.167. The van der Waals surface area contributed by atoms with E-state index in [1.165, 1.54) is 24.3 Å². The number of hydrogen-bond donors (Lipinski definition) is 1. The Labute approximate surface area is 103 Å². The third-order valence-corrected chi connectivity index (χ3v) is 2.23. The molecule has 0 aliphatic heterocycles. The maximum Gasteiger partial charge on any atom is 0.411 e. The summed E-state index contributed by atoms with van der Waals surface area (Å²) in [6.45, 7) is 0.778. The molecule has 0 saturated carbocycles. The van der Waals surface area contributed by atoms with Gasteiger partial charge in [-0.2, -0.15) is 0 Å². The van der Waals surface area contributed by atoms with E-state index in [4.69, 9.17) is 4.74 Å². The topological polar surface area (TPSA) is 56.1 Å². The van der Waals surface area contributed by atoms with Crippen molar-refractivity contribution in [2.24, 2.45) is 0 Å². The van der Waals surface area contributed by atoms with Crippen molar-refractivity contribution in [3.63, 3.8) is 0 Å². The molecule has 1 heterocycles. The molecule has 0 unspecified atom stereocenters. The minimum atomic E-state index is -0.568. The first-order chi connectivity index (χ1) is 8.74. The molecule has 1 aromatic heterocycles. The van der Waals surface area contributed by atoms with Crippen LogP contribution in [0, 0.1) is 5.82 Å². The predicted octanol–water partition coefficient (Wildman–Crippen LogP) is 2.27. The predicted molar refractivity (Wildman–Crippen MR) is 63.6 cm³/mol. The number of nitrogens with one attached hydrogen (secondary N) is 1. The monoisotopic (exact) mass is 249 g/mol. The number of carbonyl (C=O) groups is 1. The second-order valence-electron chi connectivity index (χ2n) is 3.57. The van der Waals surface area contributed by atoms with Crippen LogP contribution in [0.2, 0.25) is 0 Å². The molecule has 18 heavy (non-hydrogen) atoms. The second-order valence-corrected chi connectivity index (χ2v) is 3.57. The van der Waals surface area contributed by atoms with Crippen molar-refractivity contribution >= 4 is 11.8 Å². The summed E-state index contributed by atoms with van der Waals surface area (Å²) in [6.07, 6.45) is 4.50. The highest BCUT2D eigenvalue weighted by Crippen LogP contribution is 2.08. The molecule has 0 bridgehead atoms. The van der Waals surface area contributed by atoms with Gasteiger partial charge in [0.1, 0.15) is 12.4 Å². The normalized spacial score (nSPS) is 10.1. The molecule has 2 aromatic rings. The Morgan fingerprint density at radius 2 is 2.17 bits per heavy atom. The van der Waals surface area contributed by atoms with Crippen molar-refractivity contribution in [3.05, 3.63) is 48.8 Å². The summed E-state index contributed by atoms with van der Waals surface area (Å²) in [5.41, 5.74) is 0.490. The molecule has 0 radical (unpaired) electrons. The number of amides is 1. The number of ether oxygens (including phenoxy) is 1. The zero-order valence-corrected chi connectivity index (χ0v) is 9.54. The van der Waals surface area contributed by atoms with Crippen LogP contribution in [0.25, 0.3) is 0 Å². The number of anilines is 1. The summed E-state index contributed by atoms with van der Waals surface area (Å²) in [5, 5.41) is 2.50. The zero-order chi connectivity index (χ0) is 12.8.